The molecule has 4 heteroatoms. The van der Waals surface area contributed by atoms with Crippen molar-refractivity contribution >= 4 is 14.3 Å². The van der Waals surface area contributed by atoms with Gasteiger partial charge >= 0.3 is 8.25 Å². The second-order valence-electron chi connectivity index (χ2n) is 2.27. The molecule has 0 aliphatic rings. The van der Waals surface area contributed by atoms with Crippen molar-refractivity contribution in [3.8, 4) is 5.75 Å². The zero-order valence-corrected chi connectivity index (χ0v) is 8.16. The van der Waals surface area contributed by atoms with Crippen LogP contribution < -0.4 is 4.52 Å². The van der Waals surface area contributed by atoms with Gasteiger partial charge in [-0.2, -0.15) is 0 Å². The molecule has 13 heavy (non-hydrogen) atoms. The Kier molecular flexibility index (Phi) is 3.62. The van der Waals surface area contributed by atoms with Gasteiger partial charge in [0, 0.05) is 4.57 Å². The Bertz CT molecular complexity index is 305. The molecule has 0 saturated carbocycles. The summed E-state index contributed by atoms with van der Waals surface area (Å²) >= 11 is 0. The molecular formula is C9H10O3P+. The van der Waals surface area contributed by atoms with Crippen molar-refractivity contribution in [3.05, 3.63) is 36.4 Å². The van der Waals surface area contributed by atoms with Gasteiger partial charge in [0.15, 0.2) is 5.75 Å². The van der Waals surface area contributed by atoms with Gasteiger partial charge in [-0.05, 0) is 17.7 Å². The molecule has 0 N–H and O–H groups in total. The largest absolute Gasteiger partial charge is 0.749 e. The van der Waals surface area contributed by atoms with Crippen LogP contribution in [-0.4, -0.2) is 7.11 Å². The molecule has 1 rings (SSSR count). The van der Waals surface area contributed by atoms with Crippen LogP contribution in [0.15, 0.2) is 30.8 Å². The first-order valence-electron chi connectivity index (χ1n) is 3.68. The minimum Gasteiger partial charge on any atom is -0.229 e. The van der Waals surface area contributed by atoms with E-state index in [0.29, 0.717) is 5.75 Å². The van der Waals surface area contributed by atoms with E-state index in [-0.39, 0.29) is 0 Å². The predicted molar refractivity (Wildman–Crippen MR) is 51.8 cm³/mol. The standard InChI is InChI=1S/C9H10O3P/c1-3-8-4-6-9(7-5-8)12-13(10)11-2/h3-7H,1H2,2H3/q+1. The summed E-state index contributed by atoms with van der Waals surface area (Å²) in [5.74, 6) is 0.522. The first kappa shape index (κ1) is 9.90. The molecule has 68 valence electrons. The minimum absolute atomic E-state index is 0.522. The normalized spacial score (nSPS) is 10.7. The molecule has 0 aliphatic heterocycles. The monoisotopic (exact) mass is 197 g/mol. The molecular weight excluding hydrogens is 187 g/mol. The van der Waals surface area contributed by atoms with Crippen LogP contribution in [0.3, 0.4) is 0 Å². The van der Waals surface area contributed by atoms with Gasteiger partial charge in [0.1, 0.15) is 0 Å². The van der Waals surface area contributed by atoms with Crippen LogP contribution in [0.4, 0.5) is 0 Å². The van der Waals surface area contributed by atoms with Crippen molar-refractivity contribution < 1.29 is 13.6 Å². The SMILES string of the molecule is C=Cc1ccc(O[P+](=O)OC)cc1. The third-order valence-corrected chi connectivity index (χ3v) is 2.10. The number of benzene rings is 1. The Balaban J connectivity index is 2.69. The third kappa shape index (κ3) is 2.98. The Hall–Kier alpha value is -1.18. The lowest BCUT2D eigenvalue weighted by Crippen LogP contribution is -1.82. The second kappa shape index (κ2) is 4.75. The molecule has 3 nitrogen and oxygen atoms in total. The smallest absolute Gasteiger partial charge is 0.229 e. The van der Waals surface area contributed by atoms with Gasteiger partial charge in [0.05, 0.1) is 7.11 Å². The maximum absolute atomic E-state index is 10.8. The topological polar surface area (TPSA) is 35.5 Å². The van der Waals surface area contributed by atoms with Crippen LogP contribution in [0.2, 0.25) is 0 Å². The van der Waals surface area contributed by atoms with Gasteiger partial charge in [0.2, 0.25) is 0 Å². The minimum atomic E-state index is -2.04. The lowest BCUT2D eigenvalue weighted by molar-refractivity contribution is 0.349. The third-order valence-electron chi connectivity index (χ3n) is 1.44. The predicted octanol–water partition coefficient (Wildman–Crippen LogP) is 3.01. The first-order chi connectivity index (χ1) is 6.26. The lowest BCUT2D eigenvalue weighted by atomic mass is 10.2. The molecule has 0 saturated heterocycles. The van der Waals surface area contributed by atoms with Crippen molar-refractivity contribution in [1.29, 1.82) is 0 Å². The summed E-state index contributed by atoms with van der Waals surface area (Å²) in [6.45, 7) is 3.61. The molecule has 1 unspecified atom stereocenters. The molecule has 1 aromatic carbocycles. The maximum atomic E-state index is 10.8. The second-order valence-corrected chi connectivity index (χ2v) is 3.27. The fourth-order valence-corrected chi connectivity index (χ4v) is 1.16. The molecule has 0 aliphatic carbocycles. The molecule has 0 fully saturated rings. The zero-order chi connectivity index (χ0) is 9.68. The Labute approximate surface area is 77.9 Å². The fourth-order valence-electron chi connectivity index (χ4n) is 0.788. The summed E-state index contributed by atoms with van der Waals surface area (Å²) in [4.78, 5) is 0. The van der Waals surface area contributed by atoms with Gasteiger partial charge < -0.3 is 0 Å². The van der Waals surface area contributed by atoms with Gasteiger partial charge in [-0.25, -0.2) is 4.52 Å². The highest BCUT2D eigenvalue weighted by Crippen LogP contribution is 2.26. The summed E-state index contributed by atoms with van der Waals surface area (Å²) in [6.07, 6.45) is 1.72. The number of hydrogen-bond donors (Lipinski definition) is 0. The molecule has 0 bridgehead atoms. The van der Waals surface area contributed by atoms with E-state index in [0.717, 1.165) is 5.56 Å². The average molecular weight is 197 g/mol. The number of hydrogen-bond acceptors (Lipinski definition) is 3. The van der Waals surface area contributed by atoms with E-state index in [4.69, 9.17) is 4.52 Å². The van der Waals surface area contributed by atoms with E-state index in [9.17, 15) is 4.57 Å². The summed E-state index contributed by atoms with van der Waals surface area (Å²) in [5, 5.41) is 0. The van der Waals surface area contributed by atoms with Crippen LogP contribution in [0.1, 0.15) is 5.56 Å². The van der Waals surface area contributed by atoms with E-state index >= 15 is 0 Å². The van der Waals surface area contributed by atoms with E-state index in [2.05, 4.69) is 11.1 Å². The first-order valence-corrected chi connectivity index (χ1v) is 4.77. The van der Waals surface area contributed by atoms with E-state index in [1.165, 1.54) is 7.11 Å². The average Bonchev–Trinajstić information content (AvgIpc) is 2.19. The van der Waals surface area contributed by atoms with Crippen LogP contribution in [0, 0.1) is 0 Å². The van der Waals surface area contributed by atoms with Gasteiger partial charge in [0.25, 0.3) is 0 Å². The maximum Gasteiger partial charge on any atom is 0.749 e. The quantitative estimate of drug-likeness (QED) is 0.696. The Morgan fingerprint density at radius 3 is 2.46 bits per heavy atom. The zero-order valence-electron chi connectivity index (χ0n) is 7.27. The summed E-state index contributed by atoms with van der Waals surface area (Å²) in [6, 6.07) is 7.06. The van der Waals surface area contributed by atoms with Crippen molar-refractivity contribution in [3.63, 3.8) is 0 Å². The van der Waals surface area contributed by atoms with Crippen LogP contribution in [0.5, 0.6) is 5.75 Å². The summed E-state index contributed by atoms with van der Waals surface area (Å²) < 4.78 is 20.2. The van der Waals surface area contributed by atoms with E-state index in [1.54, 1.807) is 18.2 Å². The highest BCUT2D eigenvalue weighted by molar-refractivity contribution is 7.33. The molecule has 0 aromatic heterocycles. The molecule has 1 aromatic rings. The van der Waals surface area contributed by atoms with Crippen LogP contribution in [0.25, 0.3) is 6.08 Å². The van der Waals surface area contributed by atoms with Gasteiger partial charge in [-0.1, -0.05) is 24.8 Å². The highest BCUT2D eigenvalue weighted by atomic mass is 31.1. The van der Waals surface area contributed by atoms with Gasteiger partial charge in [-0.15, -0.1) is 4.52 Å². The van der Waals surface area contributed by atoms with Gasteiger partial charge in [-0.3, -0.25) is 0 Å². The molecule has 0 heterocycles. The van der Waals surface area contributed by atoms with Crippen LogP contribution in [-0.2, 0) is 9.09 Å². The van der Waals surface area contributed by atoms with E-state index < -0.39 is 8.25 Å². The van der Waals surface area contributed by atoms with Crippen molar-refractivity contribution in [2.24, 2.45) is 0 Å². The summed E-state index contributed by atoms with van der Waals surface area (Å²) in [7, 11) is -0.714. The lowest BCUT2D eigenvalue weighted by Gasteiger charge is -1.93. The van der Waals surface area contributed by atoms with E-state index in [1.807, 2.05) is 12.1 Å². The Morgan fingerprint density at radius 2 is 2.00 bits per heavy atom. The highest BCUT2D eigenvalue weighted by Gasteiger charge is 2.18. The van der Waals surface area contributed by atoms with Crippen molar-refractivity contribution in [2.45, 2.75) is 0 Å². The Morgan fingerprint density at radius 1 is 1.38 bits per heavy atom. The molecule has 1 atom stereocenters. The van der Waals surface area contributed by atoms with Crippen molar-refractivity contribution in [2.75, 3.05) is 7.11 Å². The summed E-state index contributed by atoms with van der Waals surface area (Å²) in [5.41, 5.74) is 0.986. The number of rotatable bonds is 4. The fraction of sp³-hybridized carbons (Fsp3) is 0.111. The molecule has 0 spiro atoms. The molecule has 0 radical (unpaired) electrons. The molecule has 0 amide bonds. The van der Waals surface area contributed by atoms with Crippen molar-refractivity contribution in [1.82, 2.24) is 0 Å². The van der Waals surface area contributed by atoms with Crippen LogP contribution >= 0.6 is 8.25 Å².